The Hall–Kier alpha value is -3.34. The minimum absolute atomic E-state index is 0.230. The lowest BCUT2D eigenvalue weighted by molar-refractivity contribution is -0.116. The third kappa shape index (κ3) is 4.44. The number of carbonyl (C=O) groups excluding carboxylic acids is 1. The largest absolute Gasteiger partial charge is 0.496 e. The fraction of sp³-hybridized carbons (Fsp3) is 0.136. The summed E-state index contributed by atoms with van der Waals surface area (Å²) in [7, 11) is 1.57. The average molecular weight is 365 g/mol. The van der Waals surface area contributed by atoms with Crippen molar-refractivity contribution in [3.63, 3.8) is 0 Å². The molecule has 0 aliphatic heterocycles. The van der Waals surface area contributed by atoms with Gasteiger partial charge in [0.15, 0.2) is 5.75 Å². The topological polar surface area (TPSA) is 38.8 Å². The molecule has 0 aliphatic rings. The van der Waals surface area contributed by atoms with Gasteiger partial charge in [-0.05, 0) is 30.3 Å². The summed E-state index contributed by atoms with van der Waals surface area (Å²) in [6, 6.07) is 20.7. The van der Waals surface area contributed by atoms with Crippen LogP contribution in [-0.2, 0) is 11.3 Å². The van der Waals surface area contributed by atoms with Crippen LogP contribution < -0.4 is 14.4 Å². The third-order valence-electron chi connectivity index (χ3n) is 4.08. The standard InChI is InChI=1S/C22H20FNO3/c1-16(25)24(15-17-8-6-7-11-21(17)26-2)20-14-18(23)12-13-22(20)27-19-9-4-3-5-10-19/h3-14H,15H2,1-2H3. The molecule has 3 aromatic rings. The molecule has 0 saturated heterocycles. The quantitative estimate of drug-likeness (QED) is 0.604. The number of amides is 1. The number of anilines is 1. The smallest absolute Gasteiger partial charge is 0.224 e. The van der Waals surface area contributed by atoms with E-state index in [1.54, 1.807) is 19.2 Å². The van der Waals surface area contributed by atoms with E-state index >= 15 is 0 Å². The second-order valence-electron chi connectivity index (χ2n) is 5.94. The van der Waals surface area contributed by atoms with Crippen LogP contribution in [0.1, 0.15) is 12.5 Å². The Balaban J connectivity index is 2.00. The van der Waals surface area contributed by atoms with Crippen LogP contribution >= 0.6 is 0 Å². The monoisotopic (exact) mass is 365 g/mol. The summed E-state index contributed by atoms with van der Waals surface area (Å²) in [6.07, 6.45) is 0. The maximum atomic E-state index is 14.0. The third-order valence-corrected chi connectivity index (χ3v) is 4.08. The molecule has 4 nitrogen and oxygen atoms in total. The second-order valence-corrected chi connectivity index (χ2v) is 5.94. The SMILES string of the molecule is COc1ccccc1CN(C(C)=O)c1cc(F)ccc1Oc1ccccc1. The van der Waals surface area contributed by atoms with Crippen molar-refractivity contribution >= 4 is 11.6 Å². The number of hydrogen-bond acceptors (Lipinski definition) is 3. The van der Waals surface area contributed by atoms with Crippen molar-refractivity contribution in [3.05, 3.63) is 84.2 Å². The van der Waals surface area contributed by atoms with Crippen LogP contribution in [0.5, 0.6) is 17.2 Å². The highest BCUT2D eigenvalue weighted by Crippen LogP contribution is 2.35. The van der Waals surface area contributed by atoms with Crippen LogP contribution in [0.25, 0.3) is 0 Å². The van der Waals surface area contributed by atoms with Crippen molar-refractivity contribution in [2.75, 3.05) is 12.0 Å². The van der Waals surface area contributed by atoms with E-state index in [0.717, 1.165) is 5.56 Å². The number of ether oxygens (including phenoxy) is 2. The summed E-state index contributed by atoms with van der Waals surface area (Å²) >= 11 is 0. The van der Waals surface area contributed by atoms with Gasteiger partial charge in [-0.1, -0.05) is 36.4 Å². The zero-order chi connectivity index (χ0) is 19.2. The highest BCUT2D eigenvalue weighted by atomic mass is 19.1. The number of rotatable bonds is 6. The van der Waals surface area contributed by atoms with Gasteiger partial charge >= 0.3 is 0 Å². The molecule has 138 valence electrons. The molecule has 1 amide bonds. The minimum Gasteiger partial charge on any atom is -0.496 e. The van der Waals surface area contributed by atoms with Crippen molar-refractivity contribution in [2.45, 2.75) is 13.5 Å². The Labute approximate surface area is 157 Å². The van der Waals surface area contributed by atoms with Crippen molar-refractivity contribution in [3.8, 4) is 17.2 Å². The summed E-state index contributed by atoms with van der Waals surface area (Å²) in [6.45, 7) is 1.67. The van der Waals surface area contributed by atoms with E-state index in [0.29, 0.717) is 22.9 Å². The first-order chi connectivity index (χ1) is 13.1. The molecule has 3 rings (SSSR count). The van der Waals surface area contributed by atoms with Gasteiger partial charge in [0.2, 0.25) is 5.91 Å². The van der Waals surface area contributed by atoms with Gasteiger partial charge in [0.05, 0.1) is 19.3 Å². The molecule has 0 aliphatic carbocycles. The number of halogens is 1. The van der Waals surface area contributed by atoms with Crippen LogP contribution in [0.3, 0.4) is 0 Å². The van der Waals surface area contributed by atoms with Gasteiger partial charge < -0.3 is 14.4 Å². The predicted octanol–water partition coefficient (Wildman–Crippen LogP) is 5.18. The molecule has 0 heterocycles. The van der Waals surface area contributed by atoms with E-state index in [-0.39, 0.29) is 12.5 Å². The Morgan fingerprint density at radius 2 is 1.67 bits per heavy atom. The Morgan fingerprint density at radius 1 is 0.963 bits per heavy atom. The van der Waals surface area contributed by atoms with Gasteiger partial charge in [-0.3, -0.25) is 4.79 Å². The van der Waals surface area contributed by atoms with Crippen LogP contribution in [0.2, 0.25) is 0 Å². The maximum absolute atomic E-state index is 14.0. The van der Waals surface area contributed by atoms with E-state index in [2.05, 4.69) is 0 Å². The molecule has 0 fully saturated rings. The molecule has 0 aromatic heterocycles. The number of para-hydroxylation sites is 2. The van der Waals surface area contributed by atoms with Crippen LogP contribution in [0.4, 0.5) is 10.1 Å². The van der Waals surface area contributed by atoms with E-state index in [4.69, 9.17) is 9.47 Å². The summed E-state index contributed by atoms with van der Waals surface area (Å²) in [5.41, 5.74) is 1.17. The molecule has 0 radical (unpaired) electrons. The van der Waals surface area contributed by atoms with Gasteiger partial charge in [0.1, 0.15) is 17.3 Å². The maximum Gasteiger partial charge on any atom is 0.224 e. The Kier molecular flexibility index (Phi) is 5.71. The molecular formula is C22H20FNO3. The minimum atomic E-state index is -0.448. The lowest BCUT2D eigenvalue weighted by Gasteiger charge is -2.24. The van der Waals surface area contributed by atoms with Crippen molar-refractivity contribution in [1.29, 1.82) is 0 Å². The summed E-state index contributed by atoms with van der Waals surface area (Å²) < 4.78 is 25.2. The molecule has 27 heavy (non-hydrogen) atoms. The number of nitrogens with zero attached hydrogens (tertiary/aromatic N) is 1. The molecule has 0 saturated carbocycles. The first kappa shape index (κ1) is 18.5. The number of benzene rings is 3. The Morgan fingerprint density at radius 3 is 2.37 bits per heavy atom. The molecular weight excluding hydrogens is 345 g/mol. The number of hydrogen-bond donors (Lipinski definition) is 0. The normalized spacial score (nSPS) is 10.3. The lowest BCUT2D eigenvalue weighted by atomic mass is 10.1. The van der Waals surface area contributed by atoms with E-state index < -0.39 is 5.82 Å². The lowest BCUT2D eigenvalue weighted by Crippen LogP contribution is -2.28. The molecule has 0 atom stereocenters. The average Bonchev–Trinajstić information content (AvgIpc) is 2.68. The van der Waals surface area contributed by atoms with Gasteiger partial charge in [-0.25, -0.2) is 4.39 Å². The highest BCUT2D eigenvalue weighted by Gasteiger charge is 2.20. The first-order valence-electron chi connectivity index (χ1n) is 8.51. The molecule has 0 bridgehead atoms. The van der Waals surface area contributed by atoms with E-state index in [1.807, 2.05) is 42.5 Å². The Bertz CT molecular complexity index is 928. The van der Waals surface area contributed by atoms with Gasteiger partial charge in [0, 0.05) is 18.6 Å². The fourth-order valence-corrected chi connectivity index (χ4v) is 2.77. The second kappa shape index (κ2) is 8.36. The molecule has 0 N–H and O–H groups in total. The number of carbonyl (C=O) groups is 1. The van der Waals surface area contributed by atoms with Crippen molar-refractivity contribution < 1.29 is 18.7 Å². The zero-order valence-electron chi connectivity index (χ0n) is 15.2. The molecule has 3 aromatic carbocycles. The summed E-state index contributed by atoms with van der Waals surface area (Å²) in [5.74, 6) is 0.977. The van der Waals surface area contributed by atoms with Crippen LogP contribution in [0, 0.1) is 5.82 Å². The highest BCUT2D eigenvalue weighted by molar-refractivity contribution is 5.93. The predicted molar refractivity (Wildman–Crippen MR) is 103 cm³/mol. The fourth-order valence-electron chi connectivity index (χ4n) is 2.77. The molecule has 0 unspecified atom stereocenters. The van der Waals surface area contributed by atoms with Gasteiger partial charge in [-0.2, -0.15) is 0 Å². The van der Waals surface area contributed by atoms with Crippen LogP contribution in [-0.4, -0.2) is 13.0 Å². The first-order valence-corrected chi connectivity index (χ1v) is 8.51. The molecule has 0 spiro atoms. The van der Waals surface area contributed by atoms with Gasteiger partial charge in [0.25, 0.3) is 0 Å². The summed E-state index contributed by atoms with van der Waals surface area (Å²) in [5, 5.41) is 0. The van der Waals surface area contributed by atoms with Crippen LogP contribution in [0.15, 0.2) is 72.8 Å². The zero-order valence-corrected chi connectivity index (χ0v) is 15.2. The summed E-state index contributed by atoms with van der Waals surface area (Å²) in [4.78, 5) is 13.8. The van der Waals surface area contributed by atoms with Crippen molar-refractivity contribution in [1.82, 2.24) is 0 Å². The van der Waals surface area contributed by atoms with Gasteiger partial charge in [-0.15, -0.1) is 0 Å². The van der Waals surface area contributed by atoms with Crippen molar-refractivity contribution in [2.24, 2.45) is 0 Å². The number of methoxy groups -OCH3 is 1. The van der Waals surface area contributed by atoms with E-state index in [1.165, 1.54) is 30.0 Å². The van der Waals surface area contributed by atoms with E-state index in [9.17, 15) is 9.18 Å². The molecule has 5 heteroatoms.